The van der Waals surface area contributed by atoms with Gasteiger partial charge in [-0.2, -0.15) is 13.2 Å². The summed E-state index contributed by atoms with van der Waals surface area (Å²) in [5, 5.41) is 0. The molecule has 0 fully saturated rings. The Morgan fingerprint density at radius 2 is 1.75 bits per heavy atom. The Hall–Kier alpha value is -1.32. The zero-order valence-corrected chi connectivity index (χ0v) is 6.10. The highest BCUT2D eigenvalue weighted by Gasteiger charge is 2.32. The van der Waals surface area contributed by atoms with E-state index in [1.165, 1.54) is 18.2 Å². The van der Waals surface area contributed by atoms with Crippen molar-refractivity contribution < 1.29 is 13.2 Å². The van der Waals surface area contributed by atoms with E-state index in [0.717, 1.165) is 6.07 Å². The molecular weight excluding hydrogens is 167 g/mol. The fraction of sp³-hybridized carbons (Fsp3) is 0.125. The van der Waals surface area contributed by atoms with Crippen LogP contribution in [0.15, 0.2) is 29.3 Å². The van der Waals surface area contributed by atoms with Gasteiger partial charge >= 0.3 is 6.18 Å². The van der Waals surface area contributed by atoms with E-state index < -0.39 is 11.7 Å². The molecule has 0 heterocycles. The normalized spacial score (nSPS) is 11.2. The first-order valence-electron chi connectivity index (χ1n) is 3.18. The number of halogens is 3. The highest BCUT2D eigenvalue weighted by atomic mass is 19.4. The van der Waals surface area contributed by atoms with E-state index in [4.69, 9.17) is 0 Å². The van der Waals surface area contributed by atoms with Crippen LogP contribution in [0.5, 0.6) is 0 Å². The van der Waals surface area contributed by atoms with Crippen molar-refractivity contribution in [1.29, 1.82) is 0 Å². The van der Waals surface area contributed by atoms with Crippen LogP contribution in [0.2, 0.25) is 0 Å². The van der Waals surface area contributed by atoms with Gasteiger partial charge in [-0.25, -0.2) is 0 Å². The van der Waals surface area contributed by atoms with Gasteiger partial charge in [0.25, 0.3) is 0 Å². The van der Waals surface area contributed by atoms with E-state index in [1.807, 2.05) is 0 Å². The molecule has 12 heavy (non-hydrogen) atoms. The van der Waals surface area contributed by atoms with Crippen LogP contribution in [0.3, 0.4) is 0 Å². The zero-order chi connectivity index (χ0) is 9.19. The molecule has 0 aliphatic heterocycles. The standard InChI is InChI=1S/C8H6F3N/c1-12-7-5-3-2-4-6(7)8(9,10)11/h2-5H,1H2. The van der Waals surface area contributed by atoms with Crippen molar-refractivity contribution in [3.63, 3.8) is 0 Å². The average Bonchev–Trinajstić information content (AvgIpc) is 2.03. The highest BCUT2D eigenvalue weighted by Crippen LogP contribution is 2.35. The largest absolute Gasteiger partial charge is 0.418 e. The number of aliphatic imine (C=N–C) groups is 1. The molecule has 1 aromatic rings. The monoisotopic (exact) mass is 173 g/mol. The van der Waals surface area contributed by atoms with Crippen molar-refractivity contribution in [3.8, 4) is 0 Å². The van der Waals surface area contributed by atoms with Crippen LogP contribution in [-0.2, 0) is 6.18 Å². The second-order valence-electron chi connectivity index (χ2n) is 2.17. The molecule has 0 aliphatic rings. The van der Waals surface area contributed by atoms with Gasteiger partial charge in [0.15, 0.2) is 0 Å². The third-order valence-electron chi connectivity index (χ3n) is 1.38. The summed E-state index contributed by atoms with van der Waals surface area (Å²) >= 11 is 0. The Labute approximate surface area is 67.6 Å². The Morgan fingerprint density at radius 1 is 1.17 bits per heavy atom. The molecular formula is C8H6F3N. The van der Waals surface area contributed by atoms with Crippen LogP contribution in [0.1, 0.15) is 5.56 Å². The molecule has 0 saturated heterocycles. The number of hydrogen-bond donors (Lipinski definition) is 0. The third kappa shape index (κ3) is 1.64. The molecule has 0 N–H and O–H groups in total. The summed E-state index contributed by atoms with van der Waals surface area (Å²) < 4.78 is 36.4. The number of nitrogens with zero attached hydrogens (tertiary/aromatic N) is 1. The predicted octanol–water partition coefficient (Wildman–Crippen LogP) is 3.04. The summed E-state index contributed by atoms with van der Waals surface area (Å²) in [6, 6.07) is 5.05. The van der Waals surface area contributed by atoms with Gasteiger partial charge in [-0.15, -0.1) is 0 Å². The Morgan fingerprint density at radius 3 is 2.17 bits per heavy atom. The maximum Gasteiger partial charge on any atom is 0.418 e. The van der Waals surface area contributed by atoms with Crippen LogP contribution in [-0.4, -0.2) is 6.72 Å². The van der Waals surface area contributed by atoms with Gasteiger partial charge in [-0.3, -0.25) is 4.99 Å². The van der Waals surface area contributed by atoms with Crippen LogP contribution in [0.4, 0.5) is 18.9 Å². The van der Waals surface area contributed by atoms with Gasteiger partial charge in [-0.1, -0.05) is 12.1 Å². The van der Waals surface area contributed by atoms with Gasteiger partial charge in [0, 0.05) is 0 Å². The van der Waals surface area contributed by atoms with Crippen LogP contribution >= 0.6 is 0 Å². The van der Waals surface area contributed by atoms with Gasteiger partial charge in [0.2, 0.25) is 0 Å². The fourth-order valence-corrected chi connectivity index (χ4v) is 0.851. The number of para-hydroxylation sites is 1. The van der Waals surface area contributed by atoms with Crippen molar-refractivity contribution in [2.75, 3.05) is 0 Å². The molecule has 0 bridgehead atoms. The molecule has 1 nitrogen and oxygen atoms in total. The quantitative estimate of drug-likeness (QED) is 0.579. The summed E-state index contributed by atoms with van der Waals surface area (Å²) in [4.78, 5) is 3.27. The average molecular weight is 173 g/mol. The lowest BCUT2D eigenvalue weighted by molar-refractivity contribution is -0.137. The first-order valence-corrected chi connectivity index (χ1v) is 3.18. The number of hydrogen-bond acceptors (Lipinski definition) is 1. The van der Waals surface area contributed by atoms with E-state index in [2.05, 4.69) is 11.7 Å². The van der Waals surface area contributed by atoms with Gasteiger partial charge in [-0.05, 0) is 18.9 Å². The first kappa shape index (κ1) is 8.77. The zero-order valence-electron chi connectivity index (χ0n) is 6.10. The van der Waals surface area contributed by atoms with Crippen molar-refractivity contribution in [3.05, 3.63) is 29.8 Å². The van der Waals surface area contributed by atoms with Crippen LogP contribution in [0, 0.1) is 0 Å². The number of benzene rings is 1. The first-order chi connectivity index (χ1) is 5.55. The van der Waals surface area contributed by atoms with E-state index in [-0.39, 0.29) is 5.69 Å². The lowest BCUT2D eigenvalue weighted by atomic mass is 10.2. The van der Waals surface area contributed by atoms with E-state index in [1.54, 1.807) is 0 Å². The molecule has 0 aromatic heterocycles. The van der Waals surface area contributed by atoms with Crippen molar-refractivity contribution in [1.82, 2.24) is 0 Å². The molecule has 1 rings (SSSR count). The van der Waals surface area contributed by atoms with Crippen LogP contribution in [0.25, 0.3) is 0 Å². The van der Waals surface area contributed by atoms with Crippen molar-refractivity contribution in [2.24, 2.45) is 4.99 Å². The second kappa shape index (κ2) is 2.97. The third-order valence-corrected chi connectivity index (χ3v) is 1.38. The number of alkyl halides is 3. The molecule has 0 atom stereocenters. The van der Waals surface area contributed by atoms with Gasteiger partial charge in [0.1, 0.15) is 0 Å². The SMILES string of the molecule is C=Nc1ccccc1C(F)(F)F. The molecule has 4 heteroatoms. The minimum atomic E-state index is -4.35. The summed E-state index contributed by atoms with van der Waals surface area (Å²) in [5.41, 5.74) is -0.884. The summed E-state index contributed by atoms with van der Waals surface area (Å²) in [6.07, 6.45) is -4.35. The molecule has 0 aliphatic carbocycles. The van der Waals surface area contributed by atoms with Crippen molar-refractivity contribution >= 4 is 12.4 Å². The molecule has 0 amide bonds. The summed E-state index contributed by atoms with van der Waals surface area (Å²) in [6.45, 7) is 3.06. The Kier molecular flexibility index (Phi) is 2.17. The number of rotatable bonds is 1. The summed E-state index contributed by atoms with van der Waals surface area (Å²) in [7, 11) is 0. The van der Waals surface area contributed by atoms with E-state index >= 15 is 0 Å². The van der Waals surface area contributed by atoms with E-state index in [0.29, 0.717) is 0 Å². The maximum atomic E-state index is 12.1. The van der Waals surface area contributed by atoms with Gasteiger partial charge in [0.05, 0.1) is 11.3 Å². The minimum absolute atomic E-state index is 0.134. The predicted molar refractivity (Wildman–Crippen MR) is 40.7 cm³/mol. The molecule has 64 valence electrons. The Balaban J connectivity index is 3.23. The minimum Gasteiger partial charge on any atom is -0.264 e. The fourth-order valence-electron chi connectivity index (χ4n) is 0.851. The lowest BCUT2D eigenvalue weighted by Crippen LogP contribution is -2.04. The second-order valence-corrected chi connectivity index (χ2v) is 2.17. The smallest absolute Gasteiger partial charge is 0.264 e. The highest BCUT2D eigenvalue weighted by molar-refractivity contribution is 5.52. The molecule has 0 spiro atoms. The molecule has 0 saturated carbocycles. The lowest BCUT2D eigenvalue weighted by Gasteiger charge is -2.08. The molecule has 0 radical (unpaired) electrons. The maximum absolute atomic E-state index is 12.1. The molecule has 0 unspecified atom stereocenters. The summed E-state index contributed by atoms with van der Waals surface area (Å²) in [5.74, 6) is 0. The Bertz CT molecular complexity index is 291. The van der Waals surface area contributed by atoms with Gasteiger partial charge < -0.3 is 0 Å². The van der Waals surface area contributed by atoms with Crippen LogP contribution < -0.4 is 0 Å². The topological polar surface area (TPSA) is 12.4 Å². The molecule has 1 aromatic carbocycles. The van der Waals surface area contributed by atoms with Crippen molar-refractivity contribution in [2.45, 2.75) is 6.18 Å². The van der Waals surface area contributed by atoms with E-state index in [9.17, 15) is 13.2 Å².